The van der Waals surface area contributed by atoms with Crippen LogP contribution in [0, 0.1) is 19.3 Å². The quantitative estimate of drug-likeness (QED) is 0.458. The molecule has 10 heteroatoms. The number of H-pyrrole nitrogens is 1. The normalized spacial score (nSPS) is 17.6. The molecule has 0 atom stereocenters. The van der Waals surface area contributed by atoms with Gasteiger partial charge in [0.1, 0.15) is 19.0 Å². The van der Waals surface area contributed by atoms with Crippen LogP contribution < -0.4 is 4.74 Å². The standard InChI is InChI=1S/C25H30N6O4/c1-16-17(2)27-24-20(34-13-9-30-7-11-33-12-8-30)15-18(22(26)21(16)24)28-23-19-5-3-4-6-31(19)29-25(23)35-14-10-32/h3-6,15,26-27,32H,7-14H2,1-2H3/b26-22?,28-18+. The molecule has 1 fully saturated rings. The summed E-state index contributed by atoms with van der Waals surface area (Å²) in [6.45, 7) is 8.57. The lowest BCUT2D eigenvalue weighted by Gasteiger charge is -2.27. The van der Waals surface area contributed by atoms with E-state index < -0.39 is 0 Å². The summed E-state index contributed by atoms with van der Waals surface area (Å²) in [5.74, 6) is 0.968. The number of hydrogen-bond donors (Lipinski definition) is 3. The van der Waals surface area contributed by atoms with Crippen LogP contribution in [0.4, 0.5) is 5.69 Å². The van der Waals surface area contributed by atoms with Gasteiger partial charge in [-0.25, -0.2) is 9.51 Å². The summed E-state index contributed by atoms with van der Waals surface area (Å²) in [4.78, 5) is 10.6. The van der Waals surface area contributed by atoms with Crippen LogP contribution in [-0.2, 0) is 9.47 Å². The first-order chi connectivity index (χ1) is 17.1. The molecule has 1 saturated heterocycles. The topological polar surface area (TPSA) is 120 Å². The van der Waals surface area contributed by atoms with E-state index >= 15 is 0 Å². The Morgan fingerprint density at radius 1 is 1.20 bits per heavy atom. The number of nitrogens with zero attached hydrogens (tertiary/aromatic N) is 4. The molecular formula is C25H30N6O4. The van der Waals surface area contributed by atoms with Crippen LogP contribution in [0.3, 0.4) is 0 Å². The van der Waals surface area contributed by atoms with Crippen LogP contribution in [0.5, 0.6) is 5.88 Å². The number of nitrogens with one attached hydrogen (secondary N) is 2. The van der Waals surface area contributed by atoms with Crippen molar-refractivity contribution in [1.82, 2.24) is 19.5 Å². The molecule has 0 bridgehead atoms. The highest BCUT2D eigenvalue weighted by atomic mass is 16.5. The highest BCUT2D eigenvalue weighted by molar-refractivity contribution is 6.54. The van der Waals surface area contributed by atoms with E-state index in [1.807, 2.05) is 44.3 Å². The maximum absolute atomic E-state index is 9.24. The third kappa shape index (κ3) is 4.60. The van der Waals surface area contributed by atoms with Gasteiger partial charge in [0.2, 0.25) is 0 Å². The fourth-order valence-corrected chi connectivity index (χ4v) is 4.35. The number of pyridine rings is 1. The fraction of sp³-hybridized carbons (Fsp3) is 0.400. The summed E-state index contributed by atoms with van der Waals surface area (Å²) in [5.41, 5.74) is 5.62. The average molecular weight is 479 g/mol. The number of allylic oxidation sites excluding steroid dienone is 1. The molecule has 184 valence electrons. The zero-order valence-corrected chi connectivity index (χ0v) is 20.0. The highest BCUT2D eigenvalue weighted by Crippen LogP contribution is 2.35. The lowest BCUT2D eigenvalue weighted by molar-refractivity contribution is 0.0305. The van der Waals surface area contributed by atoms with E-state index in [1.54, 1.807) is 4.52 Å². The zero-order valence-electron chi connectivity index (χ0n) is 20.0. The fourth-order valence-electron chi connectivity index (χ4n) is 4.35. The van der Waals surface area contributed by atoms with Gasteiger partial charge in [-0.1, -0.05) is 6.07 Å². The van der Waals surface area contributed by atoms with Gasteiger partial charge in [-0.15, -0.1) is 5.10 Å². The van der Waals surface area contributed by atoms with Crippen LogP contribution >= 0.6 is 0 Å². The Hall–Kier alpha value is -3.47. The van der Waals surface area contributed by atoms with Crippen molar-refractivity contribution in [2.24, 2.45) is 4.99 Å². The molecule has 5 rings (SSSR count). The van der Waals surface area contributed by atoms with Gasteiger partial charge < -0.3 is 24.3 Å². The molecule has 0 spiro atoms. The summed E-state index contributed by atoms with van der Waals surface area (Å²) >= 11 is 0. The van der Waals surface area contributed by atoms with E-state index in [0.717, 1.165) is 60.9 Å². The maximum Gasteiger partial charge on any atom is 0.260 e. The molecule has 1 aliphatic carbocycles. The van der Waals surface area contributed by atoms with Gasteiger partial charge in [0.05, 0.1) is 42.5 Å². The van der Waals surface area contributed by atoms with Crippen molar-refractivity contribution < 1.29 is 19.3 Å². The molecular weight excluding hydrogens is 448 g/mol. The lowest BCUT2D eigenvalue weighted by Crippen LogP contribution is -2.38. The molecule has 3 aromatic heterocycles. The van der Waals surface area contributed by atoms with E-state index in [1.165, 1.54) is 0 Å². The van der Waals surface area contributed by atoms with E-state index in [4.69, 9.17) is 24.6 Å². The zero-order chi connectivity index (χ0) is 24.4. The van der Waals surface area contributed by atoms with Crippen molar-refractivity contribution >= 4 is 28.4 Å². The summed E-state index contributed by atoms with van der Waals surface area (Å²) < 4.78 is 19.0. The number of aliphatic hydroxyl groups is 1. The van der Waals surface area contributed by atoms with Crippen molar-refractivity contribution in [2.45, 2.75) is 13.8 Å². The minimum atomic E-state index is -0.133. The Bertz CT molecular complexity index is 1300. The molecule has 0 aromatic carbocycles. The third-order valence-electron chi connectivity index (χ3n) is 6.33. The van der Waals surface area contributed by atoms with Crippen LogP contribution in [-0.4, -0.2) is 88.7 Å². The van der Waals surface area contributed by atoms with E-state index in [0.29, 0.717) is 35.4 Å². The second-order valence-electron chi connectivity index (χ2n) is 8.56. The van der Waals surface area contributed by atoms with Crippen molar-refractivity contribution in [3.63, 3.8) is 0 Å². The minimum absolute atomic E-state index is 0.102. The molecule has 10 nitrogen and oxygen atoms in total. The Kier molecular flexibility index (Phi) is 6.67. The number of fused-ring (bicyclic) bond motifs is 2. The Morgan fingerprint density at radius 2 is 2.03 bits per heavy atom. The molecule has 0 amide bonds. The molecule has 4 heterocycles. The SMILES string of the molecule is Cc1[nH]c2c(c1C)C(=N)/C(=N/c1c(OCCO)nn3ccccc13)C=C2OCCN1CCOCC1. The maximum atomic E-state index is 9.24. The first-order valence-corrected chi connectivity index (χ1v) is 11.8. The van der Waals surface area contributed by atoms with Crippen LogP contribution in [0.2, 0.25) is 0 Å². The van der Waals surface area contributed by atoms with Gasteiger partial charge in [-0.3, -0.25) is 10.3 Å². The number of morpholine rings is 1. The molecule has 3 aromatic rings. The van der Waals surface area contributed by atoms with E-state index in [9.17, 15) is 5.11 Å². The van der Waals surface area contributed by atoms with Crippen LogP contribution in [0.25, 0.3) is 11.3 Å². The number of aliphatic imine (C=N–C) groups is 1. The van der Waals surface area contributed by atoms with Crippen molar-refractivity contribution in [1.29, 1.82) is 5.41 Å². The predicted molar refractivity (Wildman–Crippen MR) is 133 cm³/mol. The van der Waals surface area contributed by atoms with Gasteiger partial charge in [-0.2, -0.15) is 0 Å². The molecule has 3 N–H and O–H groups in total. The number of aryl methyl sites for hydroxylation is 1. The first-order valence-electron chi connectivity index (χ1n) is 11.8. The molecule has 0 saturated carbocycles. The van der Waals surface area contributed by atoms with Crippen molar-refractivity contribution in [3.05, 3.63) is 53.0 Å². The summed E-state index contributed by atoms with van der Waals surface area (Å²) in [6.07, 6.45) is 3.62. The average Bonchev–Trinajstić information content (AvgIpc) is 3.38. The number of aromatic nitrogens is 3. The number of aliphatic hydroxyl groups excluding tert-OH is 1. The van der Waals surface area contributed by atoms with E-state index in [2.05, 4.69) is 15.0 Å². The molecule has 0 radical (unpaired) electrons. The molecule has 35 heavy (non-hydrogen) atoms. The van der Waals surface area contributed by atoms with Crippen molar-refractivity contribution in [3.8, 4) is 5.88 Å². The van der Waals surface area contributed by atoms with Gasteiger partial charge in [0.15, 0.2) is 5.69 Å². The lowest BCUT2D eigenvalue weighted by atomic mass is 9.95. The van der Waals surface area contributed by atoms with Gasteiger partial charge in [0, 0.05) is 43.2 Å². The monoisotopic (exact) mass is 478 g/mol. The molecule has 0 unspecified atom stereocenters. The second-order valence-corrected chi connectivity index (χ2v) is 8.56. The number of ether oxygens (including phenoxy) is 3. The van der Waals surface area contributed by atoms with E-state index in [-0.39, 0.29) is 13.2 Å². The Balaban J connectivity index is 1.51. The molecule has 1 aliphatic heterocycles. The van der Waals surface area contributed by atoms with Crippen LogP contribution in [0.15, 0.2) is 35.5 Å². The summed E-state index contributed by atoms with van der Waals surface area (Å²) in [7, 11) is 0. The summed E-state index contributed by atoms with van der Waals surface area (Å²) in [6, 6.07) is 5.66. The molecule has 2 aliphatic rings. The van der Waals surface area contributed by atoms with Gasteiger partial charge in [0.25, 0.3) is 5.88 Å². The van der Waals surface area contributed by atoms with Crippen LogP contribution in [0.1, 0.15) is 22.5 Å². The highest BCUT2D eigenvalue weighted by Gasteiger charge is 2.28. The van der Waals surface area contributed by atoms with Gasteiger partial charge in [-0.05, 0) is 31.5 Å². The second kappa shape index (κ2) is 10.0. The largest absolute Gasteiger partial charge is 0.490 e. The third-order valence-corrected chi connectivity index (χ3v) is 6.33. The number of rotatable bonds is 8. The Morgan fingerprint density at radius 3 is 2.83 bits per heavy atom. The number of aromatic amines is 1. The van der Waals surface area contributed by atoms with Gasteiger partial charge >= 0.3 is 0 Å². The summed E-state index contributed by atoms with van der Waals surface area (Å²) in [5, 5.41) is 22.6. The first kappa shape index (κ1) is 23.3. The minimum Gasteiger partial charge on any atom is -0.490 e. The predicted octanol–water partition coefficient (Wildman–Crippen LogP) is 2.49. The van der Waals surface area contributed by atoms with Crippen molar-refractivity contribution in [2.75, 3.05) is 52.7 Å². The Labute approximate surface area is 203 Å². The number of hydrogen-bond acceptors (Lipinski definition) is 8. The smallest absolute Gasteiger partial charge is 0.260 e.